The predicted molar refractivity (Wildman–Crippen MR) is 77.7 cm³/mol. The van der Waals surface area contributed by atoms with Gasteiger partial charge in [0.25, 0.3) is 0 Å². The van der Waals surface area contributed by atoms with Crippen LogP contribution in [0.25, 0.3) is 22.3 Å². The quantitative estimate of drug-likeness (QED) is 0.770. The number of fused-ring (bicyclic) bond motifs is 1. The first-order valence-electron chi connectivity index (χ1n) is 5.98. The molecule has 0 spiro atoms. The number of carbonyl (C=O) groups is 1. The number of nitrogens with zero attached hydrogens (tertiary/aromatic N) is 1. The molecule has 0 aliphatic carbocycles. The lowest BCUT2D eigenvalue weighted by Crippen LogP contribution is -1.94. The number of rotatable bonds is 3. The van der Waals surface area contributed by atoms with E-state index in [2.05, 4.69) is 21.1 Å². The van der Waals surface area contributed by atoms with Crippen LogP contribution in [-0.2, 0) is 0 Å². The summed E-state index contributed by atoms with van der Waals surface area (Å²) in [4.78, 5) is 10.9. The Labute approximate surface area is 127 Å². The minimum absolute atomic E-state index is 0.153. The van der Waals surface area contributed by atoms with Gasteiger partial charge in [-0.05, 0) is 35.0 Å². The first-order chi connectivity index (χ1) is 10.0. The molecule has 0 radical (unpaired) electrons. The predicted octanol–water partition coefficient (Wildman–Crippen LogP) is 3.87. The summed E-state index contributed by atoms with van der Waals surface area (Å²) in [6.45, 7) is 1.84. The van der Waals surface area contributed by atoms with Crippen LogP contribution in [0.3, 0.4) is 0 Å². The maximum absolute atomic E-state index is 10.9. The van der Waals surface area contributed by atoms with Gasteiger partial charge in [-0.15, -0.1) is 0 Å². The molecule has 0 aliphatic heterocycles. The number of furan rings is 1. The van der Waals surface area contributed by atoms with Crippen molar-refractivity contribution in [2.45, 2.75) is 6.92 Å². The number of hydrogen-bond acceptors (Lipinski definition) is 5. The summed E-state index contributed by atoms with van der Waals surface area (Å²) in [5, 5.41) is 13.2. The third-order valence-corrected chi connectivity index (χ3v) is 3.90. The Balaban J connectivity index is 2.26. The number of hydrogen-bond donors (Lipinski definition) is 1. The van der Waals surface area contributed by atoms with Crippen molar-refractivity contribution in [2.24, 2.45) is 0 Å². The maximum Gasteiger partial charge on any atom is 0.358 e. The lowest BCUT2D eigenvalue weighted by molar-refractivity contribution is 0.0686. The van der Waals surface area contributed by atoms with Gasteiger partial charge in [0, 0.05) is 21.5 Å². The van der Waals surface area contributed by atoms with E-state index in [0.29, 0.717) is 22.7 Å². The number of aryl methyl sites for hydroxylation is 1. The van der Waals surface area contributed by atoms with Crippen molar-refractivity contribution >= 4 is 32.9 Å². The average molecular weight is 352 g/mol. The Morgan fingerprint density at radius 2 is 2.14 bits per heavy atom. The molecule has 0 amide bonds. The second-order valence-electron chi connectivity index (χ2n) is 4.42. The molecule has 0 atom stereocenters. The molecule has 21 heavy (non-hydrogen) atoms. The molecule has 3 aromatic rings. The second-order valence-corrected chi connectivity index (χ2v) is 5.21. The monoisotopic (exact) mass is 351 g/mol. The molecule has 3 rings (SSSR count). The van der Waals surface area contributed by atoms with E-state index in [-0.39, 0.29) is 5.69 Å². The summed E-state index contributed by atoms with van der Waals surface area (Å²) in [6, 6.07) is 4.93. The molecular weight excluding hydrogens is 342 g/mol. The molecular formula is C14H10BrNO5. The summed E-state index contributed by atoms with van der Waals surface area (Å²) in [7, 11) is 1.54. The number of ether oxygens (including phenoxy) is 1. The SMILES string of the molecule is COc1cc(-c2cc(C(=O)O)no2)c(Br)c2cc(C)oc12. The summed E-state index contributed by atoms with van der Waals surface area (Å²) >= 11 is 3.49. The Kier molecular flexibility index (Phi) is 3.21. The van der Waals surface area contributed by atoms with Crippen molar-refractivity contribution in [3.63, 3.8) is 0 Å². The lowest BCUT2D eigenvalue weighted by atomic mass is 10.1. The average Bonchev–Trinajstić information content (AvgIpc) is 3.06. The van der Waals surface area contributed by atoms with E-state index in [0.717, 1.165) is 15.6 Å². The topological polar surface area (TPSA) is 85.7 Å². The van der Waals surface area contributed by atoms with E-state index in [1.165, 1.54) is 13.2 Å². The van der Waals surface area contributed by atoms with Gasteiger partial charge < -0.3 is 18.8 Å². The van der Waals surface area contributed by atoms with Gasteiger partial charge in [0.05, 0.1) is 7.11 Å². The van der Waals surface area contributed by atoms with Crippen LogP contribution < -0.4 is 4.74 Å². The van der Waals surface area contributed by atoms with Crippen molar-refractivity contribution in [1.82, 2.24) is 5.16 Å². The number of aromatic nitrogens is 1. The standard InChI is InChI=1S/C14H10BrNO5/c1-6-3-8-12(15)7(4-11(19-2)13(8)20-6)10-5-9(14(17)18)16-21-10/h3-5H,1-2H3,(H,17,18). The Morgan fingerprint density at radius 3 is 2.76 bits per heavy atom. The van der Waals surface area contributed by atoms with Gasteiger partial charge in [-0.25, -0.2) is 4.79 Å². The zero-order valence-corrected chi connectivity index (χ0v) is 12.7. The van der Waals surface area contributed by atoms with E-state index < -0.39 is 5.97 Å². The highest BCUT2D eigenvalue weighted by Gasteiger charge is 2.20. The first kappa shape index (κ1) is 13.7. The third-order valence-electron chi connectivity index (χ3n) is 3.04. The number of carboxylic acids is 1. The molecule has 1 N–H and O–H groups in total. The highest BCUT2D eigenvalue weighted by atomic mass is 79.9. The summed E-state index contributed by atoms with van der Waals surface area (Å²) < 4.78 is 16.8. The number of benzene rings is 1. The van der Waals surface area contributed by atoms with Gasteiger partial charge in [0.2, 0.25) is 0 Å². The highest BCUT2D eigenvalue weighted by molar-refractivity contribution is 9.10. The largest absolute Gasteiger partial charge is 0.493 e. The van der Waals surface area contributed by atoms with Gasteiger partial charge in [-0.2, -0.15) is 0 Å². The van der Waals surface area contributed by atoms with Crippen LogP contribution in [0.4, 0.5) is 0 Å². The van der Waals surface area contributed by atoms with E-state index in [9.17, 15) is 4.79 Å². The summed E-state index contributed by atoms with van der Waals surface area (Å²) in [5.41, 5.74) is 1.10. The Morgan fingerprint density at radius 1 is 1.38 bits per heavy atom. The third kappa shape index (κ3) is 2.19. The number of methoxy groups -OCH3 is 1. The summed E-state index contributed by atoms with van der Waals surface area (Å²) in [5.74, 6) is 0.459. The molecule has 0 bridgehead atoms. The lowest BCUT2D eigenvalue weighted by Gasteiger charge is -2.06. The molecule has 0 saturated heterocycles. The van der Waals surface area contributed by atoms with Crippen LogP contribution in [0.1, 0.15) is 16.2 Å². The van der Waals surface area contributed by atoms with Crippen LogP contribution in [0.2, 0.25) is 0 Å². The van der Waals surface area contributed by atoms with Gasteiger partial charge in [-0.1, -0.05) is 5.16 Å². The number of carboxylic acid groups (broad SMARTS) is 1. The van der Waals surface area contributed by atoms with Gasteiger partial charge in [0.1, 0.15) is 5.76 Å². The fourth-order valence-electron chi connectivity index (χ4n) is 2.10. The fourth-order valence-corrected chi connectivity index (χ4v) is 2.70. The Bertz CT molecular complexity index is 849. The minimum atomic E-state index is -1.15. The van der Waals surface area contributed by atoms with Crippen LogP contribution in [0, 0.1) is 6.92 Å². The molecule has 108 valence electrons. The molecule has 0 fully saturated rings. The normalized spacial score (nSPS) is 11.0. The molecule has 0 saturated carbocycles. The zero-order chi connectivity index (χ0) is 15.1. The highest BCUT2D eigenvalue weighted by Crippen LogP contribution is 2.41. The van der Waals surface area contributed by atoms with Crippen molar-refractivity contribution in [1.29, 1.82) is 0 Å². The van der Waals surface area contributed by atoms with Crippen LogP contribution in [0.5, 0.6) is 5.75 Å². The van der Waals surface area contributed by atoms with Gasteiger partial charge >= 0.3 is 5.97 Å². The molecule has 0 aliphatic rings. The van der Waals surface area contributed by atoms with Crippen molar-refractivity contribution in [2.75, 3.05) is 7.11 Å². The van der Waals surface area contributed by atoms with Crippen LogP contribution in [-0.4, -0.2) is 23.3 Å². The van der Waals surface area contributed by atoms with Crippen molar-refractivity contribution in [3.8, 4) is 17.1 Å². The molecule has 2 aromatic heterocycles. The first-order valence-corrected chi connectivity index (χ1v) is 6.77. The molecule has 7 heteroatoms. The molecule has 2 heterocycles. The molecule has 0 unspecified atom stereocenters. The number of aromatic carboxylic acids is 1. The van der Waals surface area contributed by atoms with Crippen LogP contribution >= 0.6 is 15.9 Å². The second kappa shape index (κ2) is 4.92. The van der Waals surface area contributed by atoms with E-state index in [4.69, 9.17) is 18.8 Å². The maximum atomic E-state index is 10.9. The Hall–Kier alpha value is -2.28. The van der Waals surface area contributed by atoms with Crippen molar-refractivity contribution < 1.29 is 23.6 Å². The van der Waals surface area contributed by atoms with Crippen LogP contribution in [0.15, 0.2) is 31.6 Å². The van der Waals surface area contributed by atoms with E-state index in [1.807, 2.05) is 13.0 Å². The summed E-state index contributed by atoms with van der Waals surface area (Å²) in [6.07, 6.45) is 0. The number of halogens is 1. The molecule has 1 aromatic carbocycles. The van der Waals surface area contributed by atoms with E-state index >= 15 is 0 Å². The minimum Gasteiger partial charge on any atom is -0.493 e. The molecule has 6 nitrogen and oxygen atoms in total. The zero-order valence-electron chi connectivity index (χ0n) is 11.1. The van der Waals surface area contributed by atoms with E-state index in [1.54, 1.807) is 6.07 Å². The fraction of sp³-hybridized carbons (Fsp3) is 0.143. The van der Waals surface area contributed by atoms with Gasteiger partial charge in [0.15, 0.2) is 22.8 Å². The smallest absolute Gasteiger partial charge is 0.358 e. The van der Waals surface area contributed by atoms with Gasteiger partial charge in [-0.3, -0.25) is 0 Å². The van der Waals surface area contributed by atoms with Crippen molar-refractivity contribution in [3.05, 3.63) is 34.1 Å².